The van der Waals surface area contributed by atoms with E-state index in [0.29, 0.717) is 42.7 Å². The van der Waals surface area contributed by atoms with Crippen LogP contribution in [0.3, 0.4) is 0 Å². The molecule has 0 radical (unpaired) electrons. The van der Waals surface area contributed by atoms with Crippen molar-refractivity contribution in [2.75, 3.05) is 13.1 Å². The summed E-state index contributed by atoms with van der Waals surface area (Å²) >= 11 is 0. The van der Waals surface area contributed by atoms with Crippen LogP contribution in [0, 0.1) is 13.8 Å². The third-order valence-corrected chi connectivity index (χ3v) is 6.54. The Morgan fingerprint density at radius 2 is 2.08 bits per heavy atom. The number of aryl methyl sites for hydroxylation is 2. The van der Waals surface area contributed by atoms with Crippen molar-refractivity contribution in [2.24, 2.45) is 0 Å². The first-order valence-electron chi connectivity index (χ1n) is 8.14. The van der Waals surface area contributed by atoms with Crippen molar-refractivity contribution in [3.63, 3.8) is 0 Å². The normalized spacial score (nSPS) is 18.5. The first-order chi connectivity index (χ1) is 12.5. The Balaban J connectivity index is 1.55. The van der Waals surface area contributed by atoms with Crippen molar-refractivity contribution >= 4 is 10.0 Å². The molecule has 0 aliphatic carbocycles. The molecule has 1 atom stereocenters. The summed E-state index contributed by atoms with van der Waals surface area (Å²) in [5.41, 5.74) is 1.09. The molecule has 0 bridgehead atoms. The Bertz CT molecular complexity index is 1010. The minimum absolute atomic E-state index is 0.126. The van der Waals surface area contributed by atoms with Crippen LogP contribution in [0.1, 0.15) is 29.6 Å². The zero-order chi connectivity index (χ0) is 18.3. The number of sulfonamides is 1. The lowest BCUT2D eigenvalue weighted by molar-refractivity contribution is 0.389. The van der Waals surface area contributed by atoms with Gasteiger partial charge in [-0.1, -0.05) is 10.3 Å². The predicted molar refractivity (Wildman–Crippen MR) is 89.6 cm³/mol. The topological polar surface area (TPSA) is 115 Å². The van der Waals surface area contributed by atoms with Gasteiger partial charge in [0.1, 0.15) is 10.6 Å². The third-order valence-electron chi connectivity index (χ3n) is 4.43. The van der Waals surface area contributed by atoms with Gasteiger partial charge in [0.2, 0.25) is 10.0 Å². The molecule has 1 aliphatic heterocycles. The van der Waals surface area contributed by atoms with Crippen LogP contribution in [0.2, 0.25) is 0 Å². The molecule has 1 aliphatic rings. The van der Waals surface area contributed by atoms with Crippen LogP contribution >= 0.6 is 0 Å². The summed E-state index contributed by atoms with van der Waals surface area (Å²) in [6.45, 7) is 3.89. The van der Waals surface area contributed by atoms with Gasteiger partial charge in [0.05, 0.1) is 5.56 Å². The second kappa shape index (κ2) is 6.29. The third kappa shape index (κ3) is 2.80. The van der Waals surface area contributed by atoms with Gasteiger partial charge in [-0.05, 0) is 32.4 Å². The lowest BCUT2D eigenvalue weighted by Gasteiger charge is -2.15. The SMILES string of the molecule is Cc1noc(C)c1S(=O)(=O)N1CCC(c2noc(-c3cccnc3)n2)C1. The van der Waals surface area contributed by atoms with Gasteiger partial charge in [0, 0.05) is 31.4 Å². The minimum atomic E-state index is -3.66. The van der Waals surface area contributed by atoms with Crippen LogP contribution < -0.4 is 0 Å². The van der Waals surface area contributed by atoms with Gasteiger partial charge in [-0.25, -0.2) is 8.42 Å². The smallest absolute Gasteiger partial charge is 0.259 e. The first-order valence-corrected chi connectivity index (χ1v) is 9.58. The molecule has 1 saturated heterocycles. The summed E-state index contributed by atoms with van der Waals surface area (Å²) in [6.07, 6.45) is 3.92. The number of nitrogens with zero attached hydrogens (tertiary/aromatic N) is 5. The quantitative estimate of drug-likeness (QED) is 0.679. The summed E-state index contributed by atoms with van der Waals surface area (Å²) in [5.74, 6) is 1.05. The fourth-order valence-electron chi connectivity index (χ4n) is 3.14. The second-order valence-corrected chi connectivity index (χ2v) is 8.08. The Morgan fingerprint density at radius 3 is 2.77 bits per heavy atom. The number of hydrogen-bond donors (Lipinski definition) is 0. The molecule has 0 N–H and O–H groups in total. The van der Waals surface area contributed by atoms with Crippen molar-refractivity contribution in [2.45, 2.75) is 31.1 Å². The standard InChI is InChI=1S/C16H17N5O4S/c1-10-14(11(2)24-19-10)26(22,23)21-7-5-13(9-21)15-18-16(25-20-15)12-4-3-6-17-8-12/h3-4,6,8,13H,5,7,9H2,1-2H3. The van der Waals surface area contributed by atoms with Crippen LogP contribution in [0.4, 0.5) is 0 Å². The number of rotatable bonds is 4. The van der Waals surface area contributed by atoms with Crippen LogP contribution in [0.5, 0.6) is 0 Å². The van der Waals surface area contributed by atoms with Gasteiger partial charge >= 0.3 is 0 Å². The molecule has 4 rings (SSSR count). The highest BCUT2D eigenvalue weighted by atomic mass is 32.2. The van der Waals surface area contributed by atoms with Crippen molar-refractivity contribution < 1.29 is 17.5 Å². The molecule has 1 unspecified atom stereocenters. The molecule has 0 amide bonds. The Labute approximate surface area is 150 Å². The largest absolute Gasteiger partial charge is 0.360 e. The van der Waals surface area contributed by atoms with Gasteiger partial charge < -0.3 is 9.05 Å². The van der Waals surface area contributed by atoms with E-state index in [-0.39, 0.29) is 10.8 Å². The molecule has 136 valence electrons. The maximum absolute atomic E-state index is 12.9. The highest BCUT2D eigenvalue weighted by molar-refractivity contribution is 7.89. The van der Waals surface area contributed by atoms with Crippen molar-refractivity contribution in [1.82, 2.24) is 24.6 Å². The van der Waals surface area contributed by atoms with Crippen LogP contribution in [-0.4, -0.2) is 46.1 Å². The van der Waals surface area contributed by atoms with E-state index in [2.05, 4.69) is 20.3 Å². The molecule has 3 aromatic rings. The number of hydrogen-bond acceptors (Lipinski definition) is 8. The molecular formula is C16H17N5O4S. The van der Waals surface area contributed by atoms with Gasteiger partial charge in [-0.15, -0.1) is 0 Å². The number of pyridine rings is 1. The molecular weight excluding hydrogens is 358 g/mol. The van der Waals surface area contributed by atoms with Crippen LogP contribution in [0.15, 0.2) is 38.5 Å². The first kappa shape index (κ1) is 16.9. The molecule has 26 heavy (non-hydrogen) atoms. The zero-order valence-electron chi connectivity index (χ0n) is 14.3. The fraction of sp³-hybridized carbons (Fsp3) is 0.375. The highest BCUT2D eigenvalue weighted by Gasteiger charge is 2.38. The average Bonchev–Trinajstić information content (AvgIpc) is 3.35. The van der Waals surface area contributed by atoms with Gasteiger partial charge in [0.15, 0.2) is 11.6 Å². The molecule has 0 aromatic carbocycles. The Kier molecular flexibility index (Phi) is 4.08. The van der Waals surface area contributed by atoms with Crippen LogP contribution in [-0.2, 0) is 10.0 Å². The zero-order valence-corrected chi connectivity index (χ0v) is 15.1. The lowest BCUT2D eigenvalue weighted by Crippen LogP contribution is -2.29. The fourth-order valence-corrected chi connectivity index (χ4v) is 4.93. The molecule has 0 saturated carbocycles. The lowest BCUT2D eigenvalue weighted by atomic mass is 10.1. The minimum Gasteiger partial charge on any atom is -0.360 e. The second-order valence-electron chi connectivity index (χ2n) is 6.20. The van der Waals surface area contributed by atoms with E-state index in [0.717, 1.165) is 5.56 Å². The van der Waals surface area contributed by atoms with E-state index in [1.807, 2.05) is 6.07 Å². The van der Waals surface area contributed by atoms with Crippen molar-refractivity contribution in [3.8, 4) is 11.5 Å². The summed E-state index contributed by atoms with van der Waals surface area (Å²) in [5, 5.41) is 7.76. The summed E-state index contributed by atoms with van der Waals surface area (Å²) in [7, 11) is -3.66. The van der Waals surface area contributed by atoms with E-state index in [9.17, 15) is 8.42 Å². The number of aromatic nitrogens is 4. The summed E-state index contributed by atoms with van der Waals surface area (Å²) in [6, 6.07) is 3.61. The summed E-state index contributed by atoms with van der Waals surface area (Å²) in [4.78, 5) is 8.57. The van der Waals surface area contributed by atoms with E-state index in [4.69, 9.17) is 9.05 Å². The monoisotopic (exact) mass is 375 g/mol. The molecule has 0 spiro atoms. The van der Waals surface area contributed by atoms with E-state index >= 15 is 0 Å². The Hall–Kier alpha value is -2.59. The molecule has 3 aromatic heterocycles. The van der Waals surface area contributed by atoms with Crippen LogP contribution in [0.25, 0.3) is 11.5 Å². The van der Waals surface area contributed by atoms with Gasteiger partial charge in [-0.2, -0.15) is 9.29 Å². The van der Waals surface area contributed by atoms with E-state index in [1.165, 1.54) is 4.31 Å². The molecule has 4 heterocycles. The highest BCUT2D eigenvalue weighted by Crippen LogP contribution is 2.32. The predicted octanol–water partition coefficient (Wildman–Crippen LogP) is 1.91. The van der Waals surface area contributed by atoms with Gasteiger partial charge in [0.25, 0.3) is 5.89 Å². The average molecular weight is 375 g/mol. The molecule has 10 heteroatoms. The van der Waals surface area contributed by atoms with E-state index in [1.54, 1.807) is 32.3 Å². The van der Waals surface area contributed by atoms with E-state index < -0.39 is 10.0 Å². The maximum atomic E-state index is 12.9. The molecule has 1 fully saturated rings. The molecule has 9 nitrogen and oxygen atoms in total. The Morgan fingerprint density at radius 1 is 1.23 bits per heavy atom. The van der Waals surface area contributed by atoms with Gasteiger partial charge in [-0.3, -0.25) is 4.98 Å². The summed E-state index contributed by atoms with van der Waals surface area (Å²) < 4.78 is 37.5. The van der Waals surface area contributed by atoms with Crippen molar-refractivity contribution in [1.29, 1.82) is 0 Å². The van der Waals surface area contributed by atoms with Crippen molar-refractivity contribution in [3.05, 3.63) is 41.8 Å². The maximum Gasteiger partial charge on any atom is 0.259 e.